The number of carbonyl (C=O) groups is 3. The molecule has 2 rings (SSSR count). The standard InChI is InChI=1S/C22H26N2O6/c1-22(2,3)30-20(27)23-13-18(16-9-11-17(12-10-16)19(25)26)24-21(28)29-14-15-7-5-4-6-8-15/h4-12,18H,13-14H2,1-3H3,(H,23,27)(H,24,28)(H,25,26). The predicted molar refractivity (Wildman–Crippen MR) is 110 cm³/mol. The molecule has 0 fully saturated rings. The highest BCUT2D eigenvalue weighted by atomic mass is 16.6. The van der Waals surface area contributed by atoms with Gasteiger partial charge in [0.2, 0.25) is 0 Å². The molecule has 0 aromatic heterocycles. The molecule has 1 atom stereocenters. The smallest absolute Gasteiger partial charge is 0.408 e. The van der Waals surface area contributed by atoms with Crippen molar-refractivity contribution in [2.24, 2.45) is 0 Å². The SMILES string of the molecule is CC(C)(C)OC(=O)NCC(NC(=O)OCc1ccccc1)c1ccc(C(=O)O)cc1. The number of alkyl carbamates (subject to hydrolysis) is 2. The first kappa shape index (κ1) is 22.7. The van der Waals surface area contributed by atoms with E-state index in [0.717, 1.165) is 5.56 Å². The van der Waals surface area contributed by atoms with Crippen molar-refractivity contribution in [1.29, 1.82) is 0 Å². The summed E-state index contributed by atoms with van der Waals surface area (Å²) in [5.74, 6) is -1.06. The van der Waals surface area contributed by atoms with Gasteiger partial charge < -0.3 is 25.2 Å². The molecule has 0 heterocycles. The average molecular weight is 414 g/mol. The van der Waals surface area contributed by atoms with E-state index in [1.165, 1.54) is 12.1 Å². The third-order valence-corrected chi connectivity index (χ3v) is 3.91. The number of rotatable bonds is 7. The van der Waals surface area contributed by atoms with Crippen LogP contribution >= 0.6 is 0 Å². The molecule has 0 saturated heterocycles. The van der Waals surface area contributed by atoms with Crippen LogP contribution in [0.1, 0.15) is 48.3 Å². The second-order valence-corrected chi connectivity index (χ2v) is 7.57. The fraction of sp³-hybridized carbons (Fsp3) is 0.318. The Morgan fingerprint density at radius 3 is 2.17 bits per heavy atom. The van der Waals surface area contributed by atoms with Gasteiger partial charge in [-0.1, -0.05) is 42.5 Å². The Kier molecular flexibility index (Phi) is 7.80. The molecule has 30 heavy (non-hydrogen) atoms. The highest BCUT2D eigenvalue weighted by molar-refractivity contribution is 5.87. The molecule has 2 amide bonds. The van der Waals surface area contributed by atoms with Crippen LogP contribution in [-0.4, -0.2) is 35.4 Å². The summed E-state index contributed by atoms with van der Waals surface area (Å²) in [6, 6.07) is 14.6. The van der Waals surface area contributed by atoms with E-state index in [4.69, 9.17) is 14.6 Å². The first-order chi connectivity index (χ1) is 14.1. The third-order valence-electron chi connectivity index (χ3n) is 3.91. The average Bonchev–Trinajstić information content (AvgIpc) is 2.69. The van der Waals surface area contributed by atoms with Crippen molar-refractivity contribution >= 4 is 18.2 Å². The number of carboxylic acids is 1. The van der Waals surface area contributed by atoms with E-state index in [0.29, 0.717) is 5.56 Å². The Labute approximate surface area is 175 Å². The molecule has 2 aromatic rings. The minimum Gasteiger partial charge on any atom is -0.478 e. The van der Waals surface area contributed by atoms with Crippen molar-refractivity contribution in [3.8, 4) is 0 Å². The van der Waals surface area contributed by atoms with Gasteiger partial charge in [0.05, 0.1) is 11.6 Å². The monoisotopic (exact) mass is 414 g/mol. The summed E-state index contributed by atoms with van der Waals surface area (Å²) in [5, 5.41) is 14.4. The summed E-state index contributed by atoms with van der Waals surface area (Å²) in [7, 11) is 0. The summed E-state index contributed by atoms with van der Waals surface area (Å²) in [5.41, 5.74) is 0.893. The van der Waals surface area contributed by atoms with Crippen LogP contribution < -0.4 is 10.6 Å². The third kappa shape index (κ3) is 7.83. The summed E-state index contributed by atoms with van der Waals surface area (Å²) < 4.78 is 10.5. The highest BCUT2D eigenvalue weighted by Crippen LogP contribution is 2.15. The van der Waals surface area contributed by atoms with Crippen LogP contribution in [-0.2, 0) is 16.1 Å². The molecule has 8 heteroatoms. The molecule has 8 nitrogen and oxygen atoms in total. The van der Waals surface area contributed by atoms with Crippen molar-refractivity contribution in [1.82, 2.24) is 10.6 Å². The van der Waals surface area contributed by atoms with Gasteiger partial charge in [-0.3, -0.25) is 0 Å². The molecule has 0 bridgehead atoms. The van der Waals surface area contributed by atoms with Gasteiger partial charge in [-0.05, 0) is 44.0 Å². The Hall–Kier alpha value is -3.55. The quantitative estimate of drug-likeness (QED) is 0.634. The van der Waals surface area contributed by atoms with Crippen molar-refractivity contribution in [3.05, 3.63) is 71.3 Å². The van der Waals surface area contributed by atoms with Crippen LogP contribution in [0.3, 0.4) is 0 Å². The van der Waals surface area contributed by atoms with Crippen LogP contribution in [0.4, 0.5) is 9.59 Å². The van der Waals surface area contributed by atoms with E-state index in [1.54, 1.807) is 32.9 Å². The number of hydrogen-bond acceptors (Lipinski definition) is 5. The van der Waals surface area contributed by atoms with E-state index in [1.807, 2.05) is 30.3 Å². The molecule has 0 aliphatic heterocycles. The predicted octanol–water partition coefficient (Wildman–Crippen LogP) is 3.88. The van der Waals surface area contributed by atoms with Crippen LogP contribution in [0.2, 0.25) is 0 Å². The maximum Gasteiger partial charge on any atom is 0.408 e. The number of nitrogens with one attached hydrogen (secondary N) is 2. The zero-order valence-corrected chi connectivity index (χ0v) is 17.2. The number of ether oxygens (including phenoxy) is 2. The summed E-state index contributed by atoms with van der Waals surface area (Å²) in [4.78, 5) is 35.3. The molecule has 0 spiro atoms. The van der Waals surface area contributed by atoms with Crippen LogP contribution in [0, 0.1) is 0 Å². The van der Waals surface area contributed by atoms with E-state index >= 15 is 0 Å². The Morgan fingerprint density at radius 1 is 0.967 bits per heavy atom. The molecule has 2 aromatic carbocycles. The lowest BCUT2D eigenvalue weighted by Gasteiger charge is -2.23. The number of hydrogen-bond donors (Lipinski definition) is 3. The fourth-order valence-corrected chi connectivity index (χ4v) is 2.52. The van der Waals surface area contributed by atoms with Gasteiger partial charge in [0, 0.05) is 6.54 Å². The summed E-state index contributed by atoms with van der Waals surface area (Å²) in [6.07, 6.45) is -1.30. The van der Waals surface area contributed by atoms with E-state index in [9.17, 15) is 14.4 Å². The van der Waals surface area contributed by atoms with E-state index < -0.39 is 29.8 Å². The number of aromatic carboxylic acids is 1. The van der Waals surface area contributed by atoms with Gasteiger partial charge in [-0.2, -0.15) is 0 Å². The van der Waals surface area contributed by atoms with Gasteiger partial charge >= 0.3 is 18.2 Å². The first-order valence-corrected chi connectivity index (χ1v) is 9.41. The van der Waals surface area contributed by atoms with Crippen molar-refractivity contribution in [2.45, 2.75) is 39.0 Å². The fourth-order valence-electron chi connectivity index (χ4n) is 2.52. The van der Waals surface area contributed by atoms with E-state index in [-0.39, 0.29) is 18.7 Å². The lowest BCUT2D eigenvalue weighted by atomic mass is 10.0. The largest absolute Gasteiger partial charge is 0.478 e. The van der Waals surface area contributed by atoms with Gasteiger partial charge in [-0.15, -0.1) is 0 Å². The minimum absolute atomic E-state index is 0.0295. The van der Waals surface area contributed by atoms with Crippen molar-refractivity contribution < 1.29 is 29.0 Å². The molecule has 0 radical (unpaired) electrons. The molecule has 0 aliphatic carbocycles. The number of benzene rings is 2. The molecular weight excluding hydrogens is 388 g/mol. The lowest BCUT2D eigenvalue weighted by Crippen LogP contribution is -2.40. The van der Waals surface area contributed by atoms with Gasteiger partial charge in [0.15, 0.2) is 0 Å². The van der Waals surface area contributed by atoms with Gasteiger partial charge in [0.25, 0.3) is 0 Å². The zero-order chi connectivity index (χ0) is 22.1. The Morgan fingerprint density at radius 2 is 1.60 bits per heavy atom. The lowest BCUT2D eigenvalue weighted by molar-refractivity contribution is 0.0520. The van der Waals surface area contributed by atoms with Gasteiger partial charge in [0.1, 0.15) is 12.2 Å². The molecule has 160 valence electrons. The second-order valence-electron chi connectivity index (χ2n) is 7.57. The molecule has 0 aliphatic rings. The second kappa shape index (κ2) is 10.3. The Bertz CT molecular complexity index is 859. The van der Waals surface area contributed by atoms with Crippen LogP contribution in [0.15, 0.2) is 54.6 Å². The molecule has 1 unspecified atom stereocenters. The first-order valence-electron chi connectivity index (χ1n) is 9.41. The topological polar surface area (TPSA) is 114 Å². The van der Waals surface area contributed by atoms with Crippen molar-refractivity contribution in [2.75, 3.05) is 6.54 Å². The molecule has 0 saturated carbocycles. The maximum atomic E-state index is 12.3. The normalized spacial score (nSPS) is 11.8. The maximum absolute atomic E-state index is 12.3. The number of amides is 2. The van der Waals surface area contributed by atoms with E-state index in [2.05, 4.69) is 10.6 Å². The van der Waals surface area contributed by atoms with Crippen molar-refractivity contribution in [3.63, 3.8) is 0 Å². The summed E-state index contributed by atoms with van der Waals surface area (Å²) >= 11 is 0. The molecular formula is C22H26N2O6. The van der Waals surface area contributed by atoms with Gasteiger partial charge in [-0.25, -0.2) is 14.4 Å². The zero-order valence-electron chi connectivity index (χ0n) is 17.2. The molecule has 3 N–H and O–H groups in total. The number of carboxylic acid groups (broad SMARTS) is 1. The highest BCUT2D eigenvalue weighted by Gasteiger charge is 2.20. The van der Waals surface area contributed by atoms with Crippen LogP contribution in [0.25, 0.3) is 0 Å². The van der Waals surface area contributed by atoms with Crippen LogP contribution in [0.5, 0.6) is 0 Å². The summed E-state index contributed by atoms with van der Waals surface area (Å²) in [6.45, 7) is 5.36. The number of carbonyl (C=O) groups excluding carboxylic acids is 2. The Balaban J connectivity index is 2.04. The minimum atomic E-state index is -1.06.